The quantitative estimate of drug-likeness (QED) is 0.870. The van der Waals surface area contributed by atoms with Gasteiger partial charge in [0.25, 0.3) is 0 Å². The van der Waals surface area contributed by atoms with Crippen LogP contribution in [0.15, 0.2) is 30.3 Å². The first kappa shape index (κ1) is 15.8. The minimum absolute atomic E-state index is 0.0517. The van der Waals surface area contributed by atoms with Gasteiger partial charge in [0.05, 0.1) is 12.7 Å². The molecule has 1 aliphatic heterocycles. The lowest BCUT2D eigenvalue weighted by Gasteiger charge is -2.35. The number of nitrogens with zero attached hydrogens (tertiary/aromatic N) is 1. The van der Waals surface area contributed by atoms with Gasteiger partial charge in [0.2, 0.25) is 0 Å². The molecule has 0 aliphatic carbocycles. The molecule has 1 saturated heterocycles. The molecule has 2 rings (SSSR count). The van der Waals surface area contributed by atoms with Gasteiger partial charge in [-0.25, -0.2) is 4.79 Å². The largest absolute Gasteiger partial charge is 0.445 e. The summed E-state index contributed by atoms with van der Waals surface area (Å²) < 4.78 is 5.36. The molecule has 1 aromatic rings. The lowest BCUT2D eigenvalue weighted by Crippen LogP contribution is -2.45. The number of aliphatic hydroxyl groups excluding tert-OH is 2. The molecule has 1 aromatic carbocycles. The molecule has 116 valence electrons. The van der Waals surface area contributed by atoms with Crippen LogP contribution >= 0.6 is 0 Å². The van der Waals surface area contributed by atoms with Gasteiger partial charge in [-0.2, -0.15) is 0 Å². The summed E-state index contributed by atoms with van der Waals surface area (Å²) in [5.74, 6) is 0. The molecule has 5 heteroatoms. The van der Waals surface area contributed by atoms with E-state index in [4.69, 9.17) is 9.84 Å². The van der Waals surface area contributed by atoms with Crippen LogP contribution in [-0.4, -0.2) is 46.5 Å². The standard InChI is InChI=1S/C16H23NO4/c18-11-15(19)10-14-8-4-5-9-17(14)16(20)21-12-13-6-2-1-3-7-13/h1-3,6-7,14-15,18-19H,4-5,8-12H2/t14-,15+/m0/s1. The third-order valence-corrected chi connectivity index (χ3v) is 3.82. The first-order chi connectivity index (χ1) is 10.2. The molecule has 1 fully saturated rings. The second-order valence-corrected chi connectivity index (χ2v) is 5.46. The van der Waals surface area contributed by atoms with Crippen LogP contribution in [0.1, 0.15) is 31.2 Å². The molecule has 0 radical (unpaired) electrons. The maximum atomic E-state index is 12.2. The van der Waals surface area contributed by atoms with Crippen molar-refractivity contribution >= 4 is 6.09 Å². The molecule has 2 N–H and O–H groups in total. The zero-order chi connectivity index (χ0) is 15.1. The van der Waals surface area contributed by atoms with Crippen molar-refractivity contribution in [1.82, 2.24) is 4.90 Å². The summed E-state index contributed by atoms with van der Waals surface area (Å²) >= 11 is 0. The van der Waals surface area contributed by atoms with Crippen molar-refractivity contribution < 1.29 is 19.7 Å². The van der Waals surface area contributed by atoms with Crippen LogP contribution in [-0.2, 0) is 11.3 Å². The topological polar surface area (TPSA) is 70.0 Å². The maximum absolute atomic E-state index is 12.2. The van der Waals surface area contributed by atoms with Gasteiger partial charge in [0, 0.05) is 12.6 Å². The highest BCUT2D eigenvalue weighted by atomic mass is 16.6. The number of hydrogen-bond acceptors (Lipinski definition) is 4. The highest BCUT2D eigenvalue weighted by molar-refractivity contribution is 5.68. The van der Waals surface area contributed by atoms with Gasteiger partial charge >= 0.3 is 6.09 Å². The van der Waals surface area contributed by atoms with Gasteiger partial charge in [-0.3, -0.25) is 0 Å². The first-order valence-electron chi connectivity index (χ1n) is 7.47. The highest BCUT2D eigenvalue weighted by Crippen LogP contribution is 2.22. The molecule has 0 unspecified atom stereocenters. The molecule has 0 bridgehead atoms. The number of likely N-dealkylation sites (tertiary alicyclic amines) is 1. The zero-order valence-corrected chi connectivity index (χ0v) is 12.1. The fourth-order valence-corrected chi connectivity index (χ4v) is 2.68. The molecule has 1 amide bonds. The monoisotopic (exact) mass is 293 g/mol. The molecule has 5 nitrogen and oxygen atoms in total. The van der Waals surface area contributed by atoms with E-state index in [2.05, 4.69) is 0 Å². The number of piperidine rings is 1. The Hall–Kier alpha value is -1.59. The average Bonchev–Trinajstić information content (AvgIpc) is 2.54. The van der Waals surface area contributed by atoms with E-state index in [0.29, 0.717) is 13.0 Å². The van der Waals surface area contributed by atoms with E-state index in [1.54, 1.807) is 4.90 Å². The summed E-state index contributed by atoms with van der Waals surface area (Å²) in [4.78, 5) is 13.9. The fourth-order valence-electron chi connectivity index (χ4n) is 2.68. The summed E-state index contributed by atoms with van der Waals surface area (Å²) in [7, 11) is 0. The van der Waals surface area contributed by atoms with Crippen molar-refractivity contribution in [2.45, 2.75) is 44.4 Å². The van der Waals surface area contributed by atoms with Gasteiger partial charge in [0.15, 0.2) is 0 Å². The number of hydrogen-bond donors (Lipinski definition) is 2. The number of rotatable bonds is 5. The summed E-state index contributed by atoms with van der Waals surface area (Å²) in [6.07, 6.45) is 2.11. The van der Waals surface area contributed by atoms with Crippen LogP contribution in [0, 0.1) is 0 Å². The van der Waals surface area contributed by atoms with E-state index in [0.717, 1.165) is 24.8 Å². The third kappa shape index (κ3) is 4.72. The van der Waals surface area contributed by atoms with Crippen LogP contribution in [0.5, 0.6) is 0 Å². The number of amides is 1. The van der Waals surface area contributed by atoms with Crippen molar-refractivity contribution in [3.8, 4) is 0 Å². The first-order valence-corrected chi connectivity index (χ1v) is 7.47. The van der Waals surface area contributed by atoms with E-state index in [1.165, 1.54) is 0 Å². The molecule has 2 atom stereocenters. The van der Waals surface area contributed by atoms with Crippen LogP contribution in [0.25, 0.3) is 0 Å². The number of carbonyl (C=O) groups is 1. The Balaban J connectivity index is 1.89. The number of carbonyl (C=O) groups excluding carboxylic acids is 1. The summed E-state index contributed by atoms with van der Waals surface area (Å²) in [6.45, 7) is 0.630. The Kier molecular flexibility index (Phi) is 6.02. The van der Waals surface area contributed by atoms with Crippen LogP contribution in [0.4, 0.5) is 4.79 Å². The Bertz CT molecular complexity index is 437. The van der Waals surface area contributed by atoms with E-state index >= 15 is 0 Å². The minimum atomic E-state index is -0.780. The number of aliphatic hydroxyl groups is 2. The Morgan fingerprint density at radius 2 is 2.10 bits per heavy atom. The molecular weight excluding hydrogens is 270 g/mol. The lowest BCUT2D eigenvalue weighted by atomic mass is 9.97. The smallest absolute Gasteiger partial charge is 0.410 e. The maximum Gasteiger partial charge on any atom is 0.410 e. The van der Waals surface area contributed by atoms with Crippen molar-refractivity contribution in [1.29, 1.82) is 0 Å². The predicted molar refractivity (Wildman–Crippen MR) is 78.7 cm³/mol. The summed E-state index contributed by atoms with van der Waals surface area (Å²) in [6, 6.07) is 9.51. The summed E-state index contributed by atoms with van der Waals surface area (Å²) in [5, 5.41) is 18.5. The van der Waals surface area contributed by atoms with Gasteiger partial charge in [0.1, 0.15) is 6.61 Å². The molecular formula is C16H23NO4. The van der Waals surface area contributed by atoms with Gasteiger partial charge in [-0.15, -0.1) is 0 Å². The molecule has 1 aliphatic rings. The summed E-state index contributed by atoms with van der Waals surface area (Å²) in [5.41, 5.74) is 0.954. The normalized spacial score (nSPS) is 20.1. The van der Waals surface area contributed by atoms with E-state index in [9.17, 15) is 9.90 Å². The van der Waals surface area contributed by atoms with Gasteiger partial charge in [-0.1, -0.05) is 30.3 Å². The number of ether oxygens (including phenoxy) is 1. The lowest BCUT2D eigenvalue weighted by molar-refractivity contribution is 0.0317. The minimum Gasteiger partial charge on any atom is -0.445 e. The molecule has 0 spiro atoms. The zero-order valence-electron chi connectivity index (χ0n) is 12.1. The van der Waals surface area contributed by atoms with E-state index < -0.39 is 6.10 Å². The van der Waals surface area contributed by atoms with Crippen LogP contribution in [0.2, 0.25) is 0 Å². The highest BCUT2D eigenvalue weighted by Gasteiger charge is 2.29. The average molecular weight is 293 g/mol. The molecule has 0 saturated carbocycles. The van der Waals surface area contributed by atoms with Gasteiger partial charge in [-0.05, 0) is 31.2 Å². The SMILES string of the molecule is O=C(OCc1ccccc1)N1CCCC[C@H]1C[C@@H](O)CO. The van der Waals surface area contributed by atoms with E-state index in [-0.39, 0.29) is 25.3 Å². The van der Waals surface area contributed by atoms with Crippen molar-refractivity contribution in [3.63, 3.8) is 0 Å². The van der Waals surface area contributed by atoms with Crippen molar-refractivity contribution in [3.05, 3.63) is 35.9 Å². The molecule has 0 aromatic heterocycles. The Morgan fingerprint density at radius 3 is 2.81 bits per heavy atom. The van der Waals surface area contributed by atoms with Crippen LogP contribution < -0.4 is 0 Å². The Labute approximate surface area is 125 Å². The Morgan fingerprint density at radius 1 is 1.33 bits per heavy atom. The fraction of sp³-hybridized carbons (Fsp3) is 0.562. The second-order valence-electron chi connectivity index (χ2n) is 5.46. The molecule has 1 heterocycles. The van der Waals surface area contributed by atoms with Crippen LogP contribution in [0.3, 0.4) is 0 Å². The molecule has 21 heavy (non-hydrogen) atoms. The van der Waals surface area contributed by atoms with E-state index in [1.807, 2.05) is 30.3 Å². The predicted octanol–water partition coefficient (Wildman–Crippen LogP) is 1.92. The van der Waals surface area contributed by atoms with Crippen molar-refractivity contribution in [2.24, 2.45) is 0 Å². The second kappa shape index (κ2) is 8.00. The van der Waals surface area contributed by atoms with Crippen molar-refractivity contribution in [2.75, 3.05) is 13.2 Å². The van der Waals surface area contributed by atoms with Gasteiger partial charge < -0.3 is 19.8 Å². The number of benzene rings is 1. The third-order valence-electron chi connectivity index (χ3n) is 3.82.